The molecule has 0 aliphatic heterocycles. The Morgan fingerprint density at radius 3 is 2.93 bits per heavy atom. The molecule has 0 aliphatic rings. The smallest absolute Gasteiger partial charge is 0.149 e. The van der Waals surface area contributed by atoms with Crippen LogP contribution < -0.4 is 11.1 Å². The first-order valence-corrected chi connectivity index (χ1v) is 4.46. The average Bonchev–Trinajstić information content (AvgIpc) is 2.18. The maximum absolute atomic E-state index is 8.83. The highest BCUT2D eigenvalue weighted by Gasteiger charge is 2.09. The van der Waals surface area contributed by atoms with Crippen molar-refractivity contribution in [3.8, 4) is 6.07 Å². The molecular formula is C9H13N5. The molecule has 0 unspecified atom stereocenters. The first kappa shape index (κ1) is 10.3. The molecule has 0 radical (unpaired) electrons. The minimum atomic E-state index is 0.216. The number of hydrogen-bond donors (Lipinski definition) is 2. The van der Waals surface area contributed by atoms with Gasteiger partial charge in [-0.2, -0.15) is 5.26 Å². The summed E-state index contributed by atoms with van der Waals surface area (Å²) in [6.07, 6.45) is 2.30. The zero-order chi connectivity index (χ0) is 10.6. The molecule has 0 saturated carbocycles. The molecular weight excluding hydrogens is 178 g/mol. The molecule has 0 bridgehead atoms. The highest BCUT2D eigenvalue weighted by atomic mass is 15.0. The molecule has 1 rings (SSSR count). The largest absolute Gasteiger partial charge is 0.382 e. The van der Waals surface area contributed by atoms with Gasteiger partial charge in [0.25, 0.3) is 0 Å². The summed E-state index contributed by atoms with van der Waals surface area (Å²) in [6, 6.07) is 2.24. The van der Waals surface area contributed by atoms with E-state index in [1.165, 1.54) is 6.33 Å². The molecule has 0 spiro atoms. The standard InChI is InChI=1S/C9H13N5/c1-3-6(2)14-9-7(4-10)8(11)12-5-13-9/h5-6H,3H2,1-2H3,(H3,11,12,13,14)/t6-/m1/s1. The van der Waals surface area contributed by atoms with Crippen LogP contribution in [-0.4, -0.2) is 16.0 Å². The summed E-state index contributed by atoms with van der Waals surface area (Å²) in [5.41, 5.74) is 5.85. The van der Waals surface area contributed by atoms with E-state index in [0.29, 0.717) is 11.4 Å². The zero-order valence-electron chi connectivity index (χ0n) is 8.28. The Labute approximate surface area is 83.0 Å². The van der Waals surface area contributed by atoms with Gasteiger partial charge in [-0.3, -0.25) is 0 Å². The van der Waals surface area contributed by atoms with Crippen molar-refractivity contribution in [2.24, 2.45) is 0 Å². The van der Waals surface area contributed by atoms with Gasteiger partial charge in [0.15, 0.2) is 0 Å². The number of nitrogens with one attached hydrogen (secondary N) is 1. The monoisotopic (exact) mass is 191 g/mol. The second kappa shape index (κ2) is 4.42. The van der Waals surface area contributed by atoms with Crippen molar-refractivity contribution in [3.63, 3.8) is 0 Å². The van der Waals surface area contributed by atoms with Gasteiger partial charge in [-0.05, 0) is 13.3 Å². The molecule has 1 atom stereocenters. The van der Waals surface area contributed by atoms with Gasteiger partial charge >= 0.3 is 0 Å². The molecule has 0 aliphatic carbocycles. The summed E-state index contributed by atoms with van der Waals surface area (Å²) >= 11 is 0. The van der Waals surface area contributed by atoms with Crippen LogP contribution in [-0.2, 0) is 0 Å². The molecule has 5 heteroatoms. The minimum absolute atomic E-state index is 0.216. The molecule has 74 valence electrons. The van der Waals surface area contributed by atoms with E-state index in [1.807, 2.05) is 19.9 Å². The number of anilines is 2. The number of rotatable bonds is 3. The van der Waals surface area contributed by atoms with Gasteiger partial charge < -0.3 is 11.1 Å². The molecule has 14 heavy (non-hydrogen) atoms. The van der Waals surface area contributed by atoms with Crippen molar-refractivity contribution in [1.29, 1.82) is 5.26 Å². The van der Waals surface area contributed by atoms with Crippen molar-refractivity contribution < 1.29 is 0 Å². The summed E-state index contributed by atoms with van der Waals surface area (Å²) < 4.78 is 0. The fourth-order valence-corrected chi connectivity index (χ4v) is 0.954. The molecule has 0 saturated heterocycles. The van der Waals surface area contributed by atoms with Crippen LogP contribution in [0.25, 0.3) is 0 Å². The Morgan fingerprint density at radius 2 is 2.36 bits per heavy atom. The van der Waals surface area contributed by atoms with Crippen molar-refractivity contribution in [2.75, 3.05) is 11.1 Å². The lowest BCUT2D eigenvalue weighted by atomic mass is 10.2. The van der Waals surface area contributed by atoms with Gasteiger partial charge in [-0.15, -0.1) is 0 Å². The predicted octanol–water partition coefficient (Wildman–Crippen LogP) is 1.14. The van der Waals surface area contributed by atoms with Crippen LogP contribution in [0, 0.1) is 11.3 Å². The number of nitrogens with zero attached hydrogens (tertiary/aromatic N) is 3. The second-order valence-corrected chi connectivity index (χ2v) is 3.05. The molecule has 1 aromatic heterocycles. The first-order valence-electron chi connectivity index (χ1n) is 4.46. The van der Waals surface area contributed by atoms with E-state index in [-0.39, 0.29) is 11.9 Å². The van der Waals surface area contributed by atoms with Gasteiger partial charge in [0.2, 0.25) is 0 Å². The highest BCUT2D eigenvalue weighted by molar-refractivity contribution is 5.62. The van der Waals surface area contributed by atoms with Crippen LogP contribution in [0.15, 0.2) is 6.33 Å². The lowest BCUT2D eigenvalue weighted by molar-refractivity contribution is 0.758. The van der Waals surface area contributed by atoms with E-state index < -0.39 is 0 Å². The first-order chi connectivity index (χ1) is 6.69. The topological polar surface area (TPSA) is 87.6 Å². The normalized spacial score (nSPS) is 11.8. The Bertz CT molecular complexity index is 355. The highest BCUT2D eigenvalue weighted by Crippen LogP contribution is 2.16. The maximum Gasteiger partial charge on any atom is 0.149 e. The van der Waals surface area contributed by atoms with Crippen LogP contribution >= 0.6 is 0 Å². The molecule has 5 nitrogen and oxygen atoms in total. The zero-order valence-corrected chi connectivity index (χ0v) is 8.28. The van der Waals surface area contributed by atoms with E-state index in [4.69, 9.17) is 11.0 Å². The van der Waals surface area contributed by atoms with E-state index in [2.05, 4.69) is 15.3 Å². The number of hydrogen-bond acceptors (Lipinski definition) is 5. The Kier molecular flexibility index (Phi) is 3.24. The van der Waals surface area contributed by atoms with Crippen molar-refractivity contribution in [2.45, 2.75) is 26.3 Å². The quantitative estimate of drug-likeness (QED) is 0.748. The van der Waals surface area contributed by atoms with Gasteiger partial charge in [0.1, 0.15) is 29.6 Å². The molecule has 0 aromatic carbocycles. The summed E-state index contributed by atoms with van der Waals surface area (Å²) in [7, 11) is 0. The molecule has 1 aromatic rings. The van der Waals surface area contributed by atoms with Crippen LogP contribution in [0.3, 0.4) is 0 Å². The Morgan fingerprint density at radius 1 is 1.64 bits per heavy atom. The third-order valence-corrected chi connectivity index (χ3v) is 1.98. The Hall–Kier alpha value is -1.83. The van der Waals surface area contributed by atoms with E-state index >= 15 is 0 Å². The van der Waals surface area contributed by atoms with Crippen molar-refractivity contribution in [3.05, 3.63) is 11.9 Å². The van der Waals surface area contributed by atoms with E-state index in [9.17, 15) is 0 Å². The second-order valence-electron chi connectivity index (χ2n) is 3.05. The number of aromatic nitrogens is 2. The number of nitrogens with two attached hydrogens (primary N) is 1. The van der Waals surface area contributed by atoms with Gasteiger partial charge in [0, 0.05) is 6.04 Å². The SMILES string of the molecule is CC[C@@H](C)Nc1ncnc(N)c1C#N. The van der Waals surface area contributed by atoms with Gasteiger partial charge in [-0.1, -0.05) is 6.92 Å². The van der Waals surface area contributed by atoms with Crippen LogP contribution in [0.1, 0.15) is 25.8 Å². The van der Waals surface area contributed by atoms with E-state index in [0.717, 1.165) is 6.42 Å². The maximum atomic E-state index is 8.83. The molecule has 0 amide bonds. The summed E-state index contributed by atoms with van der Waals surface area (Å²) in [4.78, 5) is 7.72. The van der Waals surface area contributed by atoms with Crippen molar-refractivity contribution in [1.82, 2.24) is 9.97 Å². The summed E-state index contributed by atoms with van der Waals surface area (Å²) in [5.74, 6) is 0.725. The summed E-state index contributed by atoms with van der Waals surface area (Å²) in [5, 5.41) is 11.9. The molecule has 3 N–H and O–H groups in total. The lowest BCUT2D eigenvalue weighted by Gasteiger charge is -2.12. The van der Waals surface area contributed by atoms with Gasteiger partial charge in [-0.25, -0.2) is 9.97 Å². The summed E-state index contributed by atoms with van der Waals surface area (Å²) in [6.45, 7) is 4.06. The lowest BCUT2D eigenvalue weighted by Crippen LogP contribution is -2.16. The van der Waals surface area contributed by atoms with Gasteiger partial charge in [0.05, 0.1) is 0 Å². The Balaban J connectivity index is 2.98. The van der Waals surface area contributed by atoms with Crippen molar-refractivity contribution >= 4 is 11.6 Å². The average molecular weight is 191 g/mol. The fraction of sp³-hybridized carbons (Fsp3) is 0.444. The fourth-order valence-electron chi connectivity index (χ4n) is 0.954. The number of nitriles is 1. The predicted molar refractivity (Wildman–Crippen MR) is 54.5 cm³/mol. The van der Waals surface area contributed by atoms with Crippen LogP contribution in [0.2, 0.25) is 0 Å². The third-order valence-electron chi connectivity index (χ3n) is 1.98. The molecule has 0 fully saturated rings. The number of nitrogen functional groups attached to an aromatic ring is 1. The third kappa shape index (κ3) is 2.10. The van der Waals surface area contributed by atoms with Crippen LogP contribution in [0.4, 0.5) is 11.6 Å². The van der Waals surface area contributed by atoms with E-state index in [1.54, 1.807) is 0 Å². The molecule has 1 heterocycles. The van der Waals surface area contributed by atoms with Crippen LogP contribution in [0.5, 0.6) is 0 Å². The minimum Gasteiger partial charge on any atom is -0.382 e.